The smallest absolute Gasteiger partial charge is 0.237 e. The molecule has 1 amide bonds. The van der Waals surface area contributed by atoms with Gasteiger partial charge in [-0.1, -0.05) is 19.9 Å². The summed E-state index contributed by atoms with van der Waals surface area (Å²) in [5, 5.41) is 2.64. The quantitative estimate of drug-likeness (QED) is 0.863. The summed E-state index contributed by atoms with van der Waals surface area (Å²) in [6, 6.07) is 2.11. The molecular formula is C14H20F2N2O. The first-order valence-corrected chi connectivity index (χ1v) is 6.32. The first kappa shape index (κ1) is 15.6. The van der Waals surface area contributed by atoms with Gasteiger partial charge in [-0.3, -0.25) is 4.79 Å². The average molecular weight is 270 g/mol. The summed E-state index contributed by atoms with van der Waals surface area (Å²) in [5.74, 6) is -1.34. The topological polar surface area (TPSA) is 55.1 Å². The number of carbonyl (C=O) groups is 1. The van der Waals surface area contributed by atoms with Gasteiger partial charge in [-0.25, -0.2) is 8.78 Å². The molecule has 19 heavy (non-hydrogen) atoms. The second-order valence-corrected chi connectivity index (χ2v) is 5.13. The van der Waals surface area contributed by atoms with Crippen LogP contribution >= 0.6 is 0 Å². The number of halogens is 2. The van der Waals surface area contributed by atoms with Gasteiger partial charge in [-0.15, -0.1) is 0 Å². The van der Waals surface area contributed by atoms with Crippen molar-refractivity contribution >= 4 is 5.91 Å². The maximum Gasteiger partial charge on any atom is 0.237 e. The molecular weight excluding hydrogens is 250 g/mol. The lowest BCUT2D eigenvalue weighted by molar-refractivity contribution is -0.123. The van der Waals surface area contributed by atoms with Gasteiger partial charge in [0.2, 0.25) is 5.91 Å². The average Bonchev–Trinajstić information content (AvgIpc) is 2.27. The SMILES string of the molecule is CC(C)C[C@H](N)C(=O)N[C@H](C)c1ccc(F)cc1F. The summed E-state index contributed by atoms with van der Waals surface area (Å²) in [6.07, 6.45) is 0.560. The lowest BCUT2D eigenvalue weighted by Gasteiger charge is -2.19. The minimum atomic E-state index is -0.676. The van der Waals surface area contributed by atoms with Crippen molar-refractivity contribution < 1.29 is 13.6 Å². The number of carbonyl (C=O) groups excluding carboxylic acids is 1. The van der Waals surface area contributed by atoms with Crippen molar-refractivity contribution in [3.05, 3.63) is 35.4 Å². The normalized spacial score (nSPS) is 14.3. The van der Waals surface area contributed by atoms with Crippen LogP contribution in [0.1, 0.15) is 38.8 Å². The molecule has 0 spiro atoms. The number of hydrogen-bond donors (Lipinski definition) is 2. The van der Waals surface area contributed by atoms with Crippen LogP contribution in [0.3, 0.4) is 0 Å². The Balaban J connectivity index is 2.68. The first-order chi connectivity index (χ1) is 8.81. The molecule has 0 aliphatic carbocycles. The Morgan fingerprint density at radius 3 is 2.47 bits per heavy atom. The molecule has 0 aromatic heterocycles. The summed E-state index contributed by atoms with van der Waals surface area (Å²) in [4.78, 5) is 11.8. The van der Waals surface area contributed by atoms with Gasteiger partial charge in [-0.2, -0.15) is 0 Å². The molecule has 0 aliphatic rings. The fourth-order valence-corrected chi connectivity index (χ4v) is 1.87. The van der Waals surface area contributed by atoms with Crippen molar-refractivity contribution in [1.29, 1.82) is 0 Å². The molecule has 1 aromatic carbocycles. The van der Waals surface area contributed by atoms with Crippen LogP contribution in [0.5, 0.6) is 0 Å². The number of amides is 1. The molecule has 0 radical (unpaired) electrons. The second-order valence-electron chi connectivity index (χ2n) is 5.13. The van der Waals surface area contributed by atoms with E-state index in [2.05, 4.69) is 5.32 Å². The highest BCUT2D eigenvalue weighted by Gasteiger charge is 2.19. The van der Waals surface area contributed by atoms with E-state index in [0.717, 1.165) is 12.1 Å². The van der Waals surface area contributed by atoms with Crippen LogP contribution in [-0.4, -0.2) is 11.9 Å². The van der Waals surface area contributed by atoms with Crippen LogP contribution in [0.15, 0.2) is 18.2 Å². The van der Waals surface area contributed by atoms with Crippen molar-refractivity contribution in [3.8, 4) is 0 Å². The molecule has 0 fully saturated rings. The van der Waals surface area contributed by atoms with E-state index in [1.54, 1.807) is 6.92 Å². The van der Waals surface area contributed by atoms with Crippen LogP contribution in [0, 0.1) is 17.6 Å². The minimum absolute atomic E-state index is 0.242. The Hall–Kier alpha value is -1.49. The predicted octanol–water partition coefficient (Wildman–Crippen LogP) is 2.52. The zero-order chi connectivity index (χ0) is 14.6. The van der Waals surface area contributed by atoms with Gasteiger partial charge in [0.15, 0.2) is 0 Å². The summed E-state index contributed by atoms with van der Waals surface area (Å²) in [5.41, 5.74) is 5.98. The molecule has 1 aromatic rings. The van der Waals surface area contributed by atoms with Crippen LogP contribution in [0.2, 0.25) is 0 Å². The van der Waals surface area contributed by atoms with E-state index in [-0.39, 0.29) is 11.5 Å². The lowest BCUT2D eigenvalue weighted by atomic mass is 10.0. The Morgan fingerprint density at radius 2 is 1.95 bits per heavy atom. The van der Waals surface area contributed by atoms with Crippen LogP contribution in [0.25, 0.3) is 0 Å². The number of nitrogens with one attached hydrogen (secondary N) is 1. The van der Waals surface area contributed by atoms with Crippen molar-refractivity contribution in [2.75, 3.05) is 0 Å². The molecule has 5 heteroatoms. The fraction of sp³-hybridized carbons (Fsp3) is 0.500. The molecule has 0 bridgehead atoms. The van der Waals surface area contributed by atoms with E-state index in [1.165, 1.54) is 6.07 Å². The molecule has 2 atom stereocenters. The standard InChI is InChI=1S/C14H20F2N2O/c1-8(2)6-13(17)14(19)18-9(3)11-5-4-10(15)7-12(11)16/h4-5,7-9,13H,6,17H2,1-3H3,(H,18,19)/t9-,13+/m1/s1. The van der Waals surface area contributed by atoms with Crippen molar-refractivity contribution in [2.45, 2.75) is 39.3 Å². The highest BCUT2D eigenvalue weighted by atomic mass is 19.1. The molecule has 0 aliphatic heterocycles. The van der Waals surface area contributed by atoms with E-state index in [4.69, 9.17) is 5.73 Å². The van der Waals surface area contributed by atoms with E-state index in [1.807, 2.05) is 13.8 Å². The van der Waals surface area contributed by atoms with Gasteiger partial charge in [0.1, 0.15) is 11.6 Å². The number of hydrogen-bond acceptors (Lipinski definition) is 2. The molecule has 0 unspecified atom stereocenters. The molecule has 3 nitrogen and oxygen atoms in total. The molecule has 106 valence electrons. The zero-order valence-corrected chi connectivity index (χ0v) is 11.4. The maximum atomic E-state index is 13.5. The monoisotopic (exact) mass is 270 g/mol. The molecule has 1 rings (SSSR count). The van der Waals surface area contributed by atoms with Crippen molar-refractivity contribution in [2.24, 2.45) is 11.7 Å². The summed E-state index contributed by atoms with van der Waals surface area (Å²) in [7, 11) is 0. The second kappa shape index (κ2) is 6.61. The van der Waals surface area contributed by atoms with E-state index in [9.17, 15) is 13.6 Å². The number of benzene rings is 1. The largest absolute Gasteiger partial charge is 0.348 e. The third-order valence-corrected chi connectivity index (χ3v) is 2.85. The van der Waals surface area contributed by atoms with E-state index >= 15 is 0 Å². The molecule has 0 heterocycles. The molecule has 3 N–H and O–H groups in total. The Morgan fingerprint density at radius 1 is 1.32 bits per heavy atom. The van der Waals surface area contributed by atoms with Gasteiger partial charge < -0.3 is 11.1 Å². The fourth-order valence-electron chi connectivity index (χ4n) is 1.87. The Labute approximate surface area is 112 Å². The molecule has 0 saturated carbocycles. The zero-order valence-electron chi connectivity index (χ0n) is 11.4. The molecule has 0 saturated heterocycles. The van der Waals surface area contributed by atoms with Crippen LogP contribution in [0.4, 0.5) is 8.78 Å². The minimum Gasteiger partial charge on any atom is -0.348 e. The van der Waals surface area contributed by atoms with E-state index < -0.39 is 23.7 Å². The Kier molecular flexibility index (Phi) is 5.42. The van der Waals surface area contributed by atoms with Gasteiger partial charge in [0, 0.05) is 11.6 Å². The van der Waals surface area contributed by atoms with Crippen LogP contribution in [-0.2, 0) is 4.79 Å². The summed E-state index contributed by atoms with van der Waals surface area (Å²) in [6.45, 7) is 5.57. The number of nitrogens with two attached hydrogens (primary N) is 1. The van der Waals surface area contributed by atoms with Gasteiger partial charge in [-0.05, 0) is 25.3 Å². The van der Waals surface area contributed by atoms with Gasteiger partial charge in [0.25, 0.3) is 0 Å². The third kappa shape index (κ3) is 4.59. The predicted molar refractivity (Wildman–Crippen MR) is 70.3 cm³/mol. The van der Waals surface area contributed by atoms with Gasteiger partial charge in [0.05, 0.1) is 12.1 Å². The van der Waals surface area contributed by atoms with Crippen LogP contribution < -0.4 is 11.1 Å². The summed E-state index contributed by atoms with van der Waals surface area (Å²) < 4.78 is 26.3. The number of rotatable bonds is 5. The highest BCUT2D eigenvalue weighted by molar-refractivity contribution is 5.81. The maximum absolute atomic E-state index is 13.5. The van der Waals surface area contributed by atoms with Crippen molar-refractivity contribution in [3.63, 3.8) is 0 Å². The highest BCUT2D eigenvalue weighted by Crippen LogP contribution is 2.18. The third-order valence-electron chi connectivity index (χ3n) is 2.85. The van der Waals surface area contributed by atoms with Gasteiger partial charge >= 0.3 is 0 Å². The van der Waals surface area contributed by atoms with E-state index in [0.29, 0.717) is 12.3 Å². The Bertz CT molecular complexity index is 449. The summed E-state index contributed by atoms with van der Waals surface area (Å²) >= 11 is 0. The van der Waals surface area contributed by atoms with Crippen molar-refractivity contribution in [1.82, 2.24) is 5.32 Å². The first-order valence-electron chi connectivity index (χ1n) is 6.32. The lowest BCUT2D eigenvalue weighted by Crippen LogP contribution is -2.42.